The Balaban J connectivity index is 1.88. The lowest BCUT2D eigenvalue weighted by Gasteiger charge is -2.01. The van der Waals surface area contributed by atoms with E-state index in [1.54, 1.807) is 17.4 Å². The summed E-state index contributed by atoms with van der Waals surface area (Å²) in [6.07, 6.45) is 0.324. The zero-order valence-electron chi connectivity index (χ0n) is 11.4. The van der Waals surface area contributed by atoms with Gasteiger partial charge in [-0.15, -0.1) is 11.3 Å². The second-order valence-electron chi connectivity index (χ2n) is 4.74. The molecule has 3 aromatic rings. The first-order chi connectivity index (χ1) is 9.63. The monoisotopic (exact) mass is 282 g/mol. The number of hydrogen-bond donors (Lipinski definition) is 0. The molecule has 0 fully saturated rings. The van der Waals surface area contributed by atoms with Crippen molar-refractivity contribution in [3.8, 4) is 0 Å². The molecule has 20 heavy (non-hydrogen) atoms. The van der Waals surface area contributed by atoms with Crippen molar-refractivity contribution in [2.75, 3.05) is 0 Å². The van der Waals surface area contributed by atoms with Gasteiger partial charge in [0, 0.05) is 10.3 Å². The molecule has 0 bridgehead atoms. The van der Waals surface area contributed by atoms with E-state index in [0.29, 0.717) is 12.1 Å². The second kappa shape index (κ2) is 5.13. The van der Waals surface area contributed by atoms with E-state index in [1.165, 1.54) is 4.88 Å². The molecule has 4 heteroatoms. The predicted octanol–water partition coefficient (Wildman–Crippen LogP) is 3.73. The summed E-state index contributed by atoms with van der Waals surface area (Å²) in [5.74, 6) is 0.0181. The van der Waals surface area contributed by atoms with Crippen LogP contribution in [0.3, 0.4) is 0 Å². The molecular weight excluding hydrogens is 268 g/mol. The number of pyridine rings is 1. The Morgan fingerprint density at radius 2 is 1.90 bits per heavy atom. The molecule has 3 nitrogen and oxygen atoms in total. The Bertz CT molecular complexity index is 773. The fourth-order valence-electron chi connectivity index (χ4n) is 2.06. The highest BCUT2D eigenvalue weighted by Crippen LogP contribution is 2.19. The van der Waals surface area contributed by atoms with Crippen LogP contribution >= 0.6 is 11.3 Å². The van der Waals surface area contributed by atoms with Crippen LogP contribution in [0.2, 0.25) is 0 Å². The van der Waals surface area contributed by atoms with Crippen LogP contribution in [-0.4, -0.2) is 15.8 Å². The number of Topliss-reactive ketones (excluding diaryl/α,β-unsaturated/α-hetero) is 1. The Labute approximate surface area is 121 Å². The number of nitrogens with zero attached hydrogens (tertiary/aromatic N) is 2. The SMILES string of the molecule is Cc1nc(CC(=O)c2ccc3ccccc3n2)sc1C. The van der Waals surface area contributed by atoms with Crippen LogP contribution in [0.25, 0.3) is 10.9 Å². The summed E-state index contributed by atoms with van der Waals surface area (Å²) in [6, 6.07) is 11.5. The van der Waals surface area contributed by atoms with Gasteiger partial charge in [-0.05, 0) is 26.0 Å². The molecule has 0 saturated heterocycles. The second-order valence-corrected chi connectivity index (χ2v) is 6.03. The highest BCUT2D eigenvalue weighted by Gasteiger charge is 2.12. The van der Waals surface area contributed by atoms with Gasteiger partial charge in [-0.25, -0.2) is 9.97 Å². The molecule has 1 aromatic carbocycles. The van der Waals surface area contributed by atoms with E-state index in [4.69, 9.17) is 0 Å². The van der Waals surface area contributed by atoms with Crippen molar-refractivity contribution >= 4 is 28.0 Å². The van der Waals surface area contributed by atoms with Crippen LogP contribution in [0.1, 0.15) is 26.1 Å². The fourth-order valence-corrected chi connectivity index (χ4v) is 3.00. The maximum Gasteiger partial charge on any atom is 0.187 e. The number of fused-ring (bicyclic) bond motifs is 1. The van der Waals surface area contributed by atoms with Gasteiger partial charge in [-0.3, -0.25) is 4.79 Å². The smallest absolute Gasteiger partial charge is 0.187 e. The maximum atomic E-state index is 12.3. The molecule has 0 aliphatic heterocycles. The molecule has 0 saturated carbocycles. The molecule has 0 N–H and O–H groups in total. The first-order valence-corrected chi connectivity index (χ1v) is 7.27. The van der Waals surface area contributed by atoms with Crippen molar-refractivity contribution in [3.05, 3.63) is 57.7 Å². The molecular formula is C16H14N2OS. The standard InChI is InChI=1S/C16H14N2OS/c1-10-11(2)20-16(17-10)9-15(19)14-8-7-12-5-3-4-6-13(12)18-14/h3-8H,9H2,1-2H3. The van der Waals surface area contributed by atoms with Crippen molar-refractivity contribution < 1.29 is 4.79 Å². The lowest BCUT2D eigenvalue weighted by Crippen LogP contribution is -2.05. The topological polar surface area (TPSA) is 42.9 Å². The Morgan fingerprint density at radius 1 is 1.10 bits per heavy atom. The van der Waals surface area contributed by atoms with E-state index in [1.807, 2.05) is 44.2 Å². The largest absolute Gasteiger partial charge is 0.292 e. The van der Waals surface area contributed by atoms with Crippen LogP contribution in [-0.2, 0) is 6.42 Å². The van der Waals surface area contributed by atoms with Crippen LogP contribution in [0.15, 0.2) is 36.4 Å². The number of thiazole rings is 1. The van der Waals surface area contributed by atoms with Gasteiger partial charge >= 0.3 is 0 Å². The van der Waals surface area contributed by atoms with Crippen LogP contribution in [0.5, 0.6) is 0 Å². The normalized spacial score (nSPS) is 10.9. The molecule has 0 unspecified atom stereocenters. The van der Waals surface area contributed by atoms with Gasteiger partial charge in [0.05, 0.1) is 17.6 Å². The number of rotatable bonds is 3. The molecule has 3 rings (SSSR count). The van der Waals surface area contributed by atoms with Gasteiger partial charge in [0.1, 0.15) is 10.7 Å². The van der Waals surface area contributed by atoms with Crippen molar-refractivity contribution in [1.29, 1.82) is 0 Å². The molecule has 2 heterocycles. The van der Waals surface area contributed by atoms with E-state index in [2.05, 4.69) is 9.97 Å². The van der Waals surface area contributed by atoms with Crippen LogP contribution < -0.4 is 0 Å². The lowest BCUT2D eigenvalue weighted by molar-refractivity contribution is 0.0988. The molecule has 0 radical (unpaired) electrons. The minimum absolute atomic E-state index is 0.0181. The van der Waals surface area contributed by atoms with Crippen molar-refractivity contribution in [2.24, 2.45) is 0 Å². The maximum absolute atomic E-state index is 12.3. The number of carbonyl (C=O) groups is 1. The molecule has 100 valence electrons. The highest BCUT2D eigenvalue weighted by molar-refractivity contribution is 7.11. The van der Waals surface area contributed by atoms with Gasteiger partial charge in [-0.1, -0.05) is 24.3 Å². The average Bonchev–Trinajstić information content (AvgIpc) is 2.76. The first kappa shape index (κ1) is 12.9. The van der Waals surface area contributed by atoms with Gasteiger partial charge in [0.2, 0.25) is 0 Å². The summed E-state index contributed by atoms with van der Waals surface area (Å²) < 4.78 is 0. The van der Waals surface area contributed by atoms with E-state index in [0.717, 1.165) is 21.6 Å². The van der Waals surface area contributed by atoms with Gasteiger partial charge in [0.15, 0.2) is 5.78 Å². The summed E-state index contributed by atoms with van der Waals surface area (Å²) in [4.78, 5) is 22.3. The molecule has 0 aliphatic rings. The van der Waals surface area contributed by atoms with Crippen LogP contribution in [0, 0.1) is 13.8 Å². The quantitative estimate of drug-likeness (QED) is 0.687. The Hall–Kier alpha value is -2.07. The third-order valence-electron chi connectivity index (χ3n) is 3.27. The zero-order chi connectivity index (χ0) is 14.1. The lowest BCUT2D eigenvalue weighted by atomic mass is 10.1. The predicted molar refractivity (Wildman–Crippen MR) is 81.4 cm³/mol. The van der Waals surface area contributed by atoms with Crippen molar-refractivity contribution in [2.45, 2.75) is 20.3 Å². The molecule has 0 atom stereocenters. The van der Waals surface area contributed by atoms with Crippen molar-refractivity contribution in [3.63, 3.8) is 0 Å². The fraction of sp³-hybridized carbons (Fsp3) is 0.188. The summed E-state index contributed by atoms with van der Waals surface area (Å²) in [5.41, 5.74) is 2.36. The Morgan fingerprint density at radius 3 is 2.65 bits per heavy atom. The van der Waals surface area contributed by atoms with Gasteiger partial charge in [0.25, 0.3) is 0 Å². The zero-order valence-corrected chi connectivity index (χ0v) is 12.2. The van der Waals surface area contributed by atoms with E-state index < -0.39 is 0 Å². The molecule has 0 amide bonds. The van der Waals surface area contributed by atoms with E-state index in [-0.39, 0.29) is 5.78 Å². The number of carbonyl (C=O) groups excluding carboxylic acids is 1. The summed E-state index contributed by atoms with van der Waals surface area (Å²) >= 11 is 1.58. The Kier molecular flexibility index (Phi) is 3.32. The van der Waals surface area contributed by atoms with E-state index in [9.17, 15) is 4.79 Å². The van der Waals surface area contributed by atoms with E-state index >= 15 is 0 Å². The average molecular weight is 282 g/mol. The summed E-state index contributed by atoms with van der Waals surface area (Å²) in [7, 11) is 0. The number of benzene rings is 1. The third kappa shape index (κ3) is 2.47. The molecule has 2 aromatic heterocycles. The molecule has 0 spiro atoms. The summed E-state index contributed by atoms with van der Waals surface area (Å²) in [6.45, 7) is 3.99. The minimum Gasteiger partial charge on any atom is -0.292 e. The molecule has 0 aliphatic carbocycles. The number of hydrogen-bond acceptors (Lipinski definition) is 4. The van der Waals surface area contributed by atoms with Gasteiger partial charge < -0.3 is 0 Å². The minimum atomic E-state index is 0.0181. The number of aromatic nitrogens is 2. The summed E-state index contributed by atoms with van der Waals surface area (Å²) in [5, 5.41) is 1.91. The number of aryl methyl sites for hydroxylation is 2. The van der Waals surface area contributed by atoms with Crippen LogP contribution in [0.4, 0.5) is 0 Å². The third-order valence-corrected chi connectivity index (χ3v) is 4.34. The van der Waals surface area contributed by atoms with Crippen molar-refractivity contribution in [1.82, 2.24) is 9.97 Å². The first-order valence-electron chi connectivity index (χ1n) is 6.45. The highest BCUT2D eigenvalue weighted by atomic mass is 32.1. The van der Waals surface area contributed by atoms with Gasteiger partial charge in [-0.2, -0.15) is 0 Å². The number of para-hydroxylation sites is 1. The number of ketones is 1.